The van der Waals surface area contributed by atoms with E-state index in [4.69, 9.17) is 28.6 Å². The van der Waals surface area contributed by atoms with Gasteiger partial charge in [-0.15, -0.1) is 0 Å². The van der Waals surface area contributed by atoms with Crippen molar-refractivity contribution in [3.8, 4) is 5.75 Å². The number of sulfonamides is 1. The summed E-state index contributed by atoms with van der Waals surface area (Å²) in [6.45, 7) is 1.03. The van der Waals surface area contributed by atoms with E-state index in [-0.39, 0.29) is 10.0 Å². The normalized spacial score (nSPS) is 15.1. The first-order valence-electron chi connectivity index (χ1n) is 8.92. The zero-order chi connectivity index (χ0) is 20.1. The van der Waals surface area contributed by atoms with Crippen LogP contribution in [0.4, 0.5) is 11.4 Å². The second-order valence-corrected chi connectivity index (χ2v) is 9.11. The van der Waals surface area contributed by atoms with Crippen LogP contribution in [0.25, 0.3) is 0 Å². The second kappa shape index (κ2) is 9.09. The molecule has 28 heavy (non-hydrogen) atoms. The van der Waals surface area contributed by atoms with Gasteiger partial charge in [-0.05, 0) is 49.3 Å². The first-order valence-corrected chi connectivity index (χ1v) is 11.1. The highest BCUT2D eigenvalue weighted by atomic mass is 35.5. The van der Waals surface area contributed by atoms with E-state index in [1.54, 1.807) is 24.3 Å². The van der Waals surface area contributed by atoms with Gasteiger partial charge in [0.15, 0.2) is 5.11 Å². The minimum Gasteiger partial charge on any atom is -0.497 e. The number of anilines is 2. The number of halogens is 1. The third kappa shape index (κ3) is 4.75. The molecule has 9 heteroatoms. The molecule has 1 fully saturated rings. The van der Waals surface area contributed by atoms with Crippen molar-refractivity contribution >= 4 is 50.3 Å². The number of hydrogen-bond donors (Lipinski definition) is 2. The van der Waals surface area contributed by atoms with Crippen molar-refractivity contribution in [1.29, 1.82) is 0 Å². The Balaban J connectivity index is 1.88. The van der Waals surface area contributed by atoms with E-state index in [0.29, 0.717) is 35.2 Å². The minimum atomic E-state index is -3.67. The zero-order valence-corrected chi connectivity index (χ0v) is 17.8. The van der Waals surface area contributed by atoms with Crippen molar-refractivity contribution in [3.05, 3.63) is 47.5 Å². The number of methoxy groups -OCH3 is 1. The van der Waals surface area contributed by atoms with Gasteiger partial charge in [0.1, 0.15) is 10.6 Å². The molecule has 0 spiro atoms. The summed E-state index contributed by atoms with van der Waals surface area (Å²) in [6.07, 6.45) is 2.76. The van der Waals surface area contributed by atoms with E-state index >= 15 is 0 Å². The van der Waals surface area contributed by atoms with Crippen LogP contribution in [-0.2, 0) is 10.0 Å². The molecule has 0 radical (unpaired) electrons. The number of rotatable bonds is 5. The molecule has 0 unspecified atom stereocenters. The molecule has 1 saturated heterocycles. The lowest BCUT2D eigenvalue weighted by Crippen LogP contribution is -2.36. The molecule has 2 aromatic rings. The molecule has 0 amide bonds. The Morgan fingerprint density at radius 3 is 2.43 bits per heavy atom. The summed E-state index contributed by atoms with van der Waals surface area (Å²) in [5.74, 6) is 0.464. The molecule has 2 aromatic carbocycles. The lowest BCUT2D eigenvalue weighted by atomic mass is 10.2. The molecule has 0 saturated carbocycles. The Morgan fingerprint density at radius 1 is 1.07 bits per heavy atom. The standard InChI is InChI=1S/C19H22ClN3O3S2/c1-26-14-9-10-17(22-19(27)21-16-8-4-3-7-15(16)20)18(13-14)28(24,25)23-11-5-2-6-12-23/h3-4,7-10,13H,2,5-6,11-12H2,1H3,(H2,21,22,27). The van der Waals surface area contributed by atoms with Crippen molar-refractivity contribution < 1.29 is 13.2 Å². The lowest BCUT2D eigenvalue weighted by molar-refractivity contribution is 0.346. The first kappa shape index (κ1) is 20.9. The second-order valence-electron chi connectivity index (χ2n) is 6.39. The average molecular weight is 440 g/mol. The van der Waals surface area contributed by atoms with Crippen LogP contribution in [-0.4, -0.2) is 38.0 Å². The summed E-state index contributed by atoms with van der Waals surface area (Å²) in [5, 5.41) is 6.74. The molecule has 2 N–H and O–H groups in total. The van der Waals surface area contributed by atoms with Gasteiger partial charge in [0.2, 0.25) is 10.0 Å². The van der Waals surface area contributed by atoms with Crippen LogP contribution >= 0.6 is 23.8 Å². The molecular formula is C19H22ClN3O3S2. The first-order chi connectivity index (χ1) is 13.4. The smallest absolute Gasteiger partial charge is 0.245 e. The van der Waals surface area contributed by atoms with Crippen molar-refractivity contribution in [2.24, 2.45) is 0 Å². The fourth-order valence-electron chi connectivity index (χ4n) is 3.03. The van der Waals surface area contributed by atoms with Crippen LogP contribution in [0, 0.1) is 0 Å². The Kier molecular flexibility index (Phi) is 6.77. The molecule has 0 bridgehead atoms. The highest BCUT2D eigenvalue weighted by Crippen LogP contribution is 2.31. The number of piperidine rings is 1. The number of hydrogen-bond acceptors (Lipinski definition) is 4. The van der Waals surface area contributed by atoms with E-state index in [1.165, 1.54) is 17.5 Å². The van der Waals surface area contributed by atoms with Crippen LogP contribution in [0.1, 0.15) is 19.3 Å². The van der Waals surface area contributed by atoms with E-state index in [1.807, 2.05) is 12.1 Å². The topological polar surface area (TPSA) is 70.7 Å². The summed E-state index contributed by atoms with van der Waals surface area (Å²) >= 11 is 11.5. The van der Waals surface area contributed by atoms with Gasteiger partial charge in [0.05, 0.1) is 23.5 Å². The molecule has 1 aliphatic heterocycles. The van der Waals surface area contributed by atoms with Crippen LogP contribution in [0.3, 0.4) is 0 Å². The van der Waals surface area contributed by atoms with Crippen LogP contribution in [0.15, 0.2) is 47.4 Å². The van der Waals surface area contributed by atoms with Gasteiger partial charge in [0.25, 0.3) is 0 Å². The molecule has 150 valence electrons. The largest absolute Gasteiger partial charge is 0.497 e. The fraction of sp³-hybridized carbons (Fsp3) is 0.316. The Bertz CT molecular complexity index is 961. The molecule has 0 aliphatic carbocycles. The number of nitrogens with zero attached hydrogens (tertiary/aromatic N) is 1. The maximum absolute atomic E-state index is 13.2. The molecule has 1 heterocycles. The summed E-state index contributed by atoms with van der Waals surface area (Å²) in [7, 11) is -2.17. The number of para-hydroxylation sites is 1. The number of thiocarbonyl (C=S) groups is 1. The van der Waals surface area contributed by atoms with Crippen molar-refractivity contribution in [3.63, 3.8) is 0 Å². The van der Waals surface area contributed by atoms with Crippen LogP contribution in [0.2, 0.25) is 5.02 Å². The predicted molar refractivity (Wildman–Crippen MR) is 117 cm³/mol. The van der Waals surface area contributed by atoms with Gasteiger partial charge in [-0.1, -0.05) is 30.2 Å². The van der Waals surface area contributed by atoms with Gasteiger partial charge in [-0.2, -0.15) is 4.31 Å². The predicted octanol–water partition coefficient (Wildman–Crippen LogP) is 4.33. The number of ether oxygens (including phenoxy) is 1. The van der Waals surface area contributed by atoms with Crippen LogP contribution < -0.4 is 15.4 Å². The minimum absolute atomic E-state index is 0.136. The fourth-order valence-corrected chi connectivity index (χ4v) is 5.11. The lowest BCUT2D eigenvalue weighted by Gasteiger charge is -2.27. The quantitative estimate of drug-likeness (QED) is 0.675. The van der Waals surface area contributed by atoms with Gasteiger partial charge in [-0.3, -0.25) is 0 Å². The highest BCUT2D eigenvalue weighted by molar-refractivity contribution is 7.89. The summed E-state index contributed by atoms with van der Waals surface area (Å²) in [6, 6.07) is 12.0. The van der Waals surface area contributed by atoms with Gasteiger partial charge in [-0.25, -0.2) is 8.42 Å². The van der Waals surface area contributed by atoms with Crippen molar-refractivity contribution in [1.82, 2.24) is 4.31 Å². The number of benzene rings is 2. The number of nitrogens with one attached hydrogen (secondary N) is 2. The third-order valence-electron chi connectivity index (χ3n) is 4.49. The average Bonchev–Trinajstić information content (AvgIpc) is 2.70. The SMILES string of the molecule is COc1ccc(NC(=S)Nc2ccccc2Cl)c(S(=O)(=O)N2CCCCC2)c1. The highest BCUT2D eigenvalue weighted by Gasteiger charge is 2.29. The van der Waals surface area contributed by atoms with Crippen LogP contribution in [0.5, 0.6) is 5.75 Å². The maximum atomic E-state index is 13.2. The summed E-state index contributed by atoms with van der Waals surface area (Å²) < 4.78 is 33.2. The zero-order valence-electron chi connectivity index (χ0n) is 15.4. The van der Waals surface area contributed by atoms with Crippen molar-refractivity contribution in [2.75, 3.05) is 30.8 Å². The molecular weight excluding hydrogens is 418 g/mol. The molecule has 0 aromatic heterocycles. The van der Waals surface area contributed by atoms with E-state index in [0.717, 1.165) is 19.3 Å². The monoisotopic (exact) mass is 439 g/mol. The molecule has 3 rings (SSSR count). The molecule has 6 nitrogen and oxygen atoms in total. The summed E-state index contributed by atoms with van der Waals surface area (Å²) in [4.78, 5) is 0.136. The Labute approximate surface area is 175 Å². The van der Waals surface area contributed by atoms with Crippen molar-refractivity contribution in [2.45, 2.75) is 24.2 Å². The van der Waals surface area contributed by atoms with E-state index in [2.05, 4.69) is 10.6 Å². The van der Waals surface area contributed by atoms with E-state index in [9.17, 15) is 8.42 Å². The maximum Gasteiger partial charge on any atom is 0.245 e. The Morgan fingerprint density at radius 2 is 1.75 bits per heavy atom. The van der Waals surface area contributed by atoms with E-state index < -0.39 is 10.0 Å². The molecule has 1 aliphatic rings. The third-order valence-corrected chi connectivity index (χ3v) is 6.96. The van der Waals surface area contributed by atoms with Gasteiger partial charge >= 0.3 is 0 Å². The van der Waals surface area contributed by atoms with Gasteiger partial charge < -0.3 is 15.4 Å². The molecule has 0 atom stereocenters. The van der Waals surface area contributed by atoms with Gasteiger partial charge in [0, 0.05) is 19.2 Å². The Hall–Kier alpha value is -1.87. The summed E-state index contributed by atoms with van der Waals surface area (Å²) in [5.41, 5.74) is 1.02.